The van der Waals surface area contributed by atoms with Crippen molar-refractivity contribution in [2.24, 2.45) is 7.05 Å². The van der Waals surface area contributed by atoms with Crippen LogP contribution in [0.1, 0.15) is 34.6 Å². The van der Waals surface area contributed by atoms with Crippen molar-refractivity contribution in [2.45, 2.75) is 25.7 Å². The quantitative estimate of drug-likeness (QED) is 0.777. The minimum absolute atomic E-state index is 0.136. The van der Waals surface area contributed by atoms with Gasteiger partial charge in [-0.25, -0.2) is 0 Å². The number of amides is 1. The largest absolute Gasteiger partial charge is 0.379 e. The number of piperazine rings is 1. The summed E-state index contributed by atoms with van der Waals surface area (Å²) in [6.07, 6.45) is 4.45. The monoisotopic (exact) mass is 361 g/mol. The highest BCUT2D eigenvalue weighted by Crippen LogP contribution is 2.25. The minimum atomic E-state index is 0.136. The number of ether oxygens (including phenoxy) is 1. The van der Waals surface area contributed by atoms with Crippen LogP contribution in [0.25, 0.3) is 0 Å². The third kappa shape index (κ3) is 3.80. The normalized spacial score (nSPS) is 22.4. The summed E-state index contributed by atoms with van der Waals surface area (Å²) in [6.45, 7) is 9.54. The topological polar surface area (TPSA) is 53.8 Å². The van der Waals surface area contributed by atoms with Gasteiger partial charge in [-0.3, -0.25) is 19.3 Å². The Labute approximate surface area is 155 Å². The van der Waals surface area contributed by atoms with E-state index in [-0.39, 0.29) is 5.91 Å². The molecule has 1 aliphatic carbocycles. The fraction of sp³-hybridized carbons (Fsp3) is 0.789. The van der Waals surface area contributed by atoms with Gasteiger partial charge in [-0.2, -0.15) is 5.10 Å². The smallest absolute Gasteiger partial charge is 0.274 e. The van der Waals surface area contributed by atoms with E-state index in [4.69, 9.17) is 4.74 Å². The van der Waals surface area contributed by atoms with Gasteiger partial charge in [0.2, 0.25) is 0 Å². The van der Waals surface area contributed by atoms with E-state index >= 15 is 0 Å². The van der Waals surface area contributed by atoms with Crippen LogP contribution in [-0.4, -0.2) is 96.0 Å². The van der Waals surface area contributed by atoms with E-state index in [1.807, 2.05) is 16.6 Å². The Balaban J connectivity index is 1.30. The predicted molar refractivity (Wildman–Crippen MR) is 99.5 cm³/mol. The van der Waals surface area contributed by atoms with Crippen LogP contribution in [0.2, 0.25) is 0 Å². The third-order valence-electron chi connectivity index (χ3n) is 6.06. The molecule has 0 N–H and O–H groups in total. The Morgan fingerprint density at radius 1 is 0.962 bits per heavy atom. The van der Waals surface area contributed by atoms with Gasteiger partial charge in [0, 0.05) is 70.7 Å². The van der Waals surface area contributed by atoms with Crippen LogP contribution in [0.4, 0.5) is 0 Å². The van der Waals surface area contributed by atoms with E-state index in [2.05, 4.69) is 14.9 Å². The highest BCUT2D eigenvalue weighted by molar-refractivity contribution is 5.94. The summed E-state index contributed by atoms with van der Waals surface area (Å²) in [5.74, 6) is 0.136. The fourth-order valence-corrected chi connectivity index (χ4v) is 4.38. The number of carbonyl (C=O) groups excluding carboxylic acids is 1. The lowest BCUT2D eigenvalue weighted by atomic mass is 9.95. The zero-order chi connectivity index (χ0) is 17.9. The maximum atomic E-state index is 13.0. The van der Waals surface area contributed by atoms with Crippen LogP contribution in [0.15, 0.2) is 0 Å². The molecule has 1 amide bonds. The van der Waals surface area contributed by atoms with Gasteiger partial charge >= 0.3 is 0 Å². The number of rotatable bonds is 4. The molecule has 0 atom stereocenters. The molecule has 7 nitrogen and oxygen atoms in total. The zero-order valence-corrected chi connectivity index (χ0v) is 16.0. The van der Waals surface area contributed by atoms with E-state index in [0.717, 1.165) is 78.4 Å². The lowest BCUT2D eigenvalue weighted by Crippen LogP contribution is -2.51. The Hall–Kier alpha value is -1.44. The van der Waals surface area contributed by atoms with Crippen LogP contribution < -0.4 is 0 Å². The van der Waals surface area contributed by atoms with Gasteiger partial charge in [-0.05, 0) is 25.7 Å². The maximum Gasteiger partial charge on any atom is 0.274 e. The van der Waals surface area contributed by atoms with Gasteiger partial charge in [-0.1, -0.05) is 0 Å². The lowest BCUT2D eigenvalue weighted by Gasteiger charge is -2.36. The van der Waals surface area contributed by atoms with Crippen LogP contribution in [0, 0.1) is 0 Å². The van der Waals surface area contributed by atoms with E-state index in [9.17, 15) is 4.79 Å². The molecule has 3 heterocycles. The first-order valence-corrected chi connectivity index (χ1v) is 10.1. The van der Waals surface area contributed by atoms with Gasteiger partial charge in [-0.15, -0.1) is 0 Å². The van der Waals surface area contributed by atoms with Crippen molar-refractivity contribution >= 4 is 5.91 Å². The molecule has 7 heteroatoms. The molecule has 4 rings (SSSR count). The van der Waals surface area contributed by atoms with Gasteiger partial charge < -0.3 is 9.64 Å². The molecule has 0 aromatic carbocycles. The summed E-state index contributed by atoms with van der Waals surface area (Å²) >= 11 is 0. The Kier molecular flexibility index (Phi) is 5.57. The maximum absolute atomic E-state index is 13.0. The number of carbonyl (C=O) groups is 1. The molecule has 2 fully saturated rings. The van der Waals surface area contributed by atoms with Gasteiger partial charge in [0.15, 0.2) is 5.69 Å². The number of hydrogen-bond donors (Lipinski definition) is 0. The predicted octanol–water partition coefficient (Wildman–Crippen LogP) is 0.389. The zero-order valence-electron chi connectivity index (χ0n) is 16.0. The standard InChI is InChI=1S/C19H31N5O2/c1-21-17-5-3-2-4-16(17)18(20-21)19(25)24-10-8-22(9-11-24)6-7-23-12-14-26-15-13-23/h2-15H2,1H3. The van der Waals surface area contributed by atoms with E-state index in [1.165, 1.54) is 24.1 Å². The van der Waals surface area contributed by atoms with Crippen molar-refractivity contribution < 1.29 is 9.53 Å². The minimum Gasteiger partial charge on any atom is -0.379 e. The Morgan fingerprint density at radius 2 is 1.62 bits per heavy atom. The first-order chi connectivity index (χ1) is 12.7. The van der Waals surface area contributed by atoms with Crippen molar-refractivity contribution in [3.63, 3.8) is 0 Å². The number of fused-ring (bicyclic) bond motifs is 1. The molecule has 2 aliphatic heterocycles. The molecular weight excluding hydrogens is 330 g/mol. The number of aromatic nitrogens is 2. The molecule has 0 bridgehead atoms. The second-order valence-electron chi connectivity index (χ2n) is 7.69. The van der Waals surface area contributed by atoms with Crippen molar-refractivity contribution in [1.82, 2.24) is 24.5 Å². The van der Waals surface area contributed by atoms with Gasteiger partial charge in [0.05, 0.1) is 13.2 Å². The number of morpholine rings is 1. The third-order valence-corrected chi connectivity index (χ3v) is 6.06. The fourth-order valence-electron chi connectivity index (χ4n) is 4.38. The van der Waals surface area contributed by atoms with E-state index < -0.39 is 0 Å². The molecule has 0 unspecified atom stereocenters. The lowest BCUT2D eigenvalue weighted by molar-refractivity contribution is 0.0292. The molecule has 3 aliphatic rings. The number of hydrogen-bond acceptors (Lipinski definition) is 5. The summed E-state index contributed by atoms with van der Waals surface area (Å²) in [5.41, 5.74) is 3.19. The molecule has 0 radical (unpaired) electrons. The van der Waals surface area contributed by atoms with Crippen LogP contribution >= 0.6 is 0 Å². The highest BCUT2D eigenvalue weighted by atomic mass is 16.5. The molecule has 26 heavy (non-hydrogen) atoms. The molecule has 0 spiro atoms. The number of nitrogens with zero attached hydrogens (tertiary/aromatic N) is 5. The van der Waals surface area contributed by atoms with Gasteiger partial charge in [0.1, 0.15) is 0 Å². The molecule has 144 valence electrons. The van der Waals surface area contributed by atoms with E-state index in [0.29, 0.717) is 5.69 Å². The van der Waals surface area contributed by atoms with Crippen LogP contribution in [0.3, 0.4) is 0 Å². The van der Waals surface area contributed by atoms with Crippen molar-refractivity contribution in [3.8, 4) is 0 Å². The molecule has 2 saturated heterocycles. The highest BCUT2D eigenvalue weighted by Gasteiger charge is 2.29. The summed E-state index contributed by atoms with van der Waals surface area (Å²) in [4.78, 5) is 20.0. The molecule has 0 saturated carbocycles. The average molecular weight is 361 g/mol. The van der Waals surface area contributed by atoms with Crippen molar-refractivity contribution in [1.29, 1.82) is 0 Å². The first-order valence-electron chi connectivity index (χ1n) is 10.1. The number of aryl methyl sites for hydroxylation is 1. The van der Waals surface area contributed by atoms with Crippen molar-refractivity contribution in [3.05, 3.63) is 17.0 Å². The molecular formula is C19H31N5O2. The molecule has 1 aromatic heterocycles. The van der Waals surface area contributed by atoms with Gasteiger partial charge in [0.25, 0.3) is 5.91 Å². The van der Waals surface area contributed by atoms with Crippen LogP contribution in [0.5, 0.6) is 0 Å². The summed E-state index contributed by atoms with van der Waals surface area (Å²) < 4.78 is 7.34. The average Bonchev–Trinajstić information content (AvgIpc) is 3.04. The Morgan fingerprint density at radius 3 is 2.35 bits per heavy atom. The van der Waals surface area contributed by atoms with Crippen LogP contribution in [-0.2, 0) is 24.6 Å². The summed E-state index contributed by atoms with van der Waals surface area (Å²) in [7, 11) is 1.98. The SMILES string of the molecule is Cn1nc(C(=O)N2CCN(CCN3CCOCC3)CC2)c2c1CCCC2. The van der Waals surface area contributed by atoms with Crippen molar-refractivity contribution in [2.75, 3.05) is 65.6 Å². The second kappa shape index (κ2) is 8.06. The Bertz CT molecular complexity index is 630. The second-order valence-corrected chi connectivity index (χ2v) is 7.69. The summed E-state index contributed by atoms with van der Waals surface area (Å²) in [5, 5.41) is 4.58. The molecule has 1 aromatic rings. The summed E-state index contributed by atoms with van der Waals surface area (Å²) in [6, 6.07) is 0. The van der Waals surface area contributed by atoms with E-state index in [1.54, 1.807) is 0 Å². The first kappa shape index (κ1) is 17.9.